The largest absolute Gasteiger partial charge is 0.459 e. The van der Waals surface area contributed by atoms with E-state index < -0.39 is 5.25 Å². The molecule has 1 atom stereocenters. The van der Waals surface area contributed by atoms with Crippen molar-refractivity contribution in [3.8, 4) is 0 Å². The van der Waals surface area contributed by atoms with Gasteiger partial charge in [-0.1, -0.05) is 65.7 Å². The first-order valence-electron chi connectivity index (χ1n) is 9.92. The number of carbonyl (C=O) groups excluding carboxylic acids is 2. The third kappa shape index (κ3) is 5.79. The van der Waals surface area contributed by atoms with Gasteiger partial charge in [0.1, 0.15) is 5.25 Å². The molecule has 1 unspecified atom stereocenters. The van der Waals surface area contributed by atoms with Crippen LogP contribution in [0.1, 0.15) is 21.4 Å². The number of furan rings is 1. The number of nitrogens with one attached hydrogen (secondary N) is 2. The van der Waals surface area contributed by atoms with Gasteiger partial charge in [-0.05, 0) is 48.0 Å². The van der Waals surface area contributed by atoms with Gasteiger partial charge in [-0.25, -0.2) is 0 Å². The molecule has 2 N–H and O–H groups in total. The van der Waals surface area contributed by atoms with Crippen molar-refractivity contribution in [1.82, 2.24) is 0 Å². The Kier molecular flexibility index (Phi) is 7.40. The van der Waals surface area contributed by atoms with E-state index in [0.29, 0.717) is 16.4 Å². The zero-order valence-corrected chi connectivity index (χ0v) is 19.5. The van der Waals surface area contributed by atoms with Gasteiger partial charge in [0.15, 0.2) is 5.76 Å². The maximum Gasteiger partial charge on any atom is 0.291 e. The minimum atomic E-state index is -0.572. The average Bonchev–Trinajstić information content (AvgIpc) is 3.37. The van der Waals surface area contributed by atoms with E-state index in [4.69, 9.17) is 27.6 Å². The van der Waals surface area contributed by atoms with Crippen molar-refractivity contribution in [2.75, 3.05) is 10.6 Å². The molecule has 0 saturated carbocycles. The van der Waals surface area contributed by atoms with Crippen LogP contribution in [0.15, 0.2) is 101 Å². The van der Waals surface area contributed by atoms with Crippen LogP contribution in [-0.4, -0.2) is 11.8 Å². The van der Waals surface area contributed by atoms with Gasteiger partial charge in [0.25, 0.3) is 5.91 Å². The molecule has 0 fully saturated rings. The van der Waals surface area contributed by atoms with E-state index in [1.807, 2.05) is 42.5 Å². The van der Waals surface area contributed by atoms with Gasteiger partial charge in [0.2, 0.25) is 5.91 Å². The highest BCUT2D eigenvalue weighted by Crippen LogP contribution is 2.38. The average molecular weight is 497 g/mol. The first-order chi connectivity index (χ1) is 16.0. The predicted molar refractivity (Wildman–Crippen MR) is 133 cm³/mol. The minimum absolute atomic E-state index is 0.216. The van der Waals surface area contributed by atoms with Crippen molar-refractivity contribution in [2.45, 2.75) is 10.1 Å². The molecule has 4 aromatic rings. The standard InChI is InChI=1S/C25H18Cl2N2O3S/c26-19-11-5-12-20(22(19)27)29-25(31)23(16-7-2-1-3-8-16)33-18-10-4-9-17(15-18)28-24(30)21-13-6-14-32-21/h1-15,23H,(H,28,30)(H,29,31). The van der Waals surface area contributed by atoms with Crippen LogP contribution in [0.2, 0.25) is 10.0 Å². The van der Waals surface area contributed by atoms with E-state index in [2.05, 4.69) is 10.6 Å². The molecule has 5 nitrogen and oxygen atoms in total. The zero-order chi connectivity index (χ0) is 23.2. The molecule has 0 radical (unpaired) electrons. The SMILES string of the molecule is O=C(Nc1cccc(SC(C(=O)Nc2cccc(Cl)c2Cl)c2ccccc2)c1)c1ccco1. The predicted octanol–water partition coefficient (Wildman–Crippen LogP) is 7.31. The zero-order valence-electron chi connectivity index (χ0n) is 17.1. The molecule has 0 saturated heterocycles. The second-order valence-corrected chi connectivity index (χ2v) is 8.92. The highest BCUT2D eigenvalue weighted by Gasteiger charge is 2.23. The van der Waals surface area contributed by atoms with Crippen LogP contribution in [0.25, 0.3) is 0 Å². The molecular weight excluding hydrogens is 479 g/mol. The van der Waals surface area contributed by atoms with E-state index in [-0.39, 0.29) is 22.6 Å². The highest BCUT2D eigenvalue weighted by molar-refractivity contribution is 8.00. The van der Waals surface area contributed by atoms with E-state index in [1.165, 1.54) is 18.0 Å². The molecular formula is C25H18Cl2N2O3S. The molecule has 3 aromatic carbocycles. The van der Waals surface area contributed by atoms with Gasteiger partial charge in [-0.3, -0.25) is 9.59 Å². The second-order valence-electron chi connectivity index (χ2n) is 6.96. The molecule has 0 aliphatic carbocycles. The molecule has 33 heavy (non-hydrogen) atoms. The summed E-state index contributed by atoms with van der Waals surface area (Å²) in [6.45, 7) is 0. The summed E-state index contributed by atoms with van der Waals surface area (Å²) >= 11 is 13.7. The van der Waals surface area contributed by atoms with Crippen LogP contribution < -0.4 is 10.6 Å². The van der Waals surface area contributed by atoms with E-state index in [0.717, 1.165) is 10.5 Å². The van der Waals surface area contributed by atoms with Crippen LogP contribution in [0, 0.1) is 0 Å². The molecule has 1 aromatic heterocycles. The molecule has 8 heteroatoms. The van der Waals surface area contributed by atoms with Crippen molar-refractivity contribution in [1.29, 1.82) is 0 Å². The molecule has 166 valence electrons. The Balaban J connectivity index is 1.56. The summed E-state index contributed by atoms with van der Waals surface area (Å²) in [5, 5.41) is 5.75. The highest BCUT2D eigenvalue weighted by atomic mass is 35.5. The molecule has 2 amide bonds. The van der Waals surface area contributed by atoms with Gasteiger partial charge in [-0.15, -0.1) is 11.8 Å². The Hall–Kier alpha value is -3.19. The Bertz CT molecular complexity index is 1260. The summed E-state index contributed by atoms with van der Waals surface area (Å²) < 4.78 is 5.14. The second kappa shape index (κ2) is 10.6. The van der Waals surface area contributed by atoms with Gasteiger partial charge in [0.05, 0.1) is 22.0 Å². The topological polar surface area (TPSA) is 71.3 Å². The first kappa shape index (κ1) is 23.0. The Labute approximate surface area is 205 Å². The number of anilines is 2. The van der Waals surface area contributed by atoms with Gasteiger partial charge in [-0.2, -0.15) is 0 Å². The van der Waals surface area contributed by atoms with Crippen LogP contribution >= 0.6 is 35.0 Å². The third-order valence-corrected chi connectivity index (χ3v) is 6.71. The normalized spacial score (nSPS) is 11.6. The third-order valence-electron chi connectivity index (χ3n) is 4.64. The molecule has 4 rings (SSSR count). The van der Waals surface area contributed by atoms with Crippen LogP contribution in [0.4, 0.5) is 11.4 Å². The van der Waals surface area contributed by atoms with E-state index >= 15 is 0 Å². The lowest BCUT2D eigenvalue weighted by molar-refractivity contribution is -0.115. The summed E-state index contributed by atoms with van der Waals surface area (Å²) in [7, 11) is 0. The number of hydrogen-bond donors (Lipinski definition) is 2. The minimum Gasteiger partial charge on any atom is -0.459 e. The monoisotopic (exact) mass is 496 g/mol. The van der Waals surface area contributed by atoms with Crippen LogP contribution in [0.5, 0.6) is 0 Å². The molecule has 0 bridgehead atoms. The van der Waals surface area contributed by atoms with Crippen molar-refractivity contribution < 1.29 is 14.0 Å². The summed E-state index contributed by atoms with van der Waals surface area (Å²) in [4.78, 5) is 26.4. The quantitative estimate of drug-likeness (QED) is 0.263. The smallest absolute Gasteiger partial charge is 0.291 e. The fourth-order valence-electron chi connectivity index (χ4n) is 3.08. The van der Waals surface area contributed by atoms with Gasteiger partial charge >= 0.3 is 0 Å². The van der Waals surface area contributed by atoms with Crippen LogP contribution in [0.3, 0.4) is 0 Å². The summed E-state index contributed by atoms with van der Waals surface area (Å²) in [5.74, 6) is -0.386. The maximum absolute atomic E-state index is 13.3. The summed E-state index contributed by atoms with van der Waals surface area (Å²) in [5.41, 5.74) is 1.85. The summed E-state index contributed by atoms with van der Waals surface area (Å²) in [6.07, 6.45) is 1.44. The van der Waals surface area contributed by atoms with E-state index in [9.17, 15) is 9.59 Å². The van der Waals surface area contributed by atoms with E-state index in [1.54, 1.807) is 42.5 Å². The van der Waals surface area contributed by atoms with Crippen molar-refractivity contribution in [3.05, 3.63) is 113 Å². The number of amides is 2. The number of halogens is 2. The number of hydrogen-bond acceptors (Lipinski definition) is 4. The Morgan fingerprint density at radius 3 is 2.39 bits per heavy atom. The number of benzene rings is 3. The molecule has 1 heterocycles. The number of rotatable bonds is 7. The van der Waals surface area contributed by atoms with Gasteiger partial charge in [0, 0.05) is 10.6 Å². The lowest BCUT2D eigenvalue weighted by Gasteiger charge is -2.18. The number of thioether (sulfide) groups is 1. The first-order valence-corrected chi connectivity index (χ1v) is 11.6. The molecule has 0 spiro atoms. The lowest BCUT2D eigenvalue weighted by Crippen LogP contribution is -2.19. The lowest BCUT2D eigenvalue weighted by atomic mass is 10.1. The van der Waals surface area contributed by atoms with Crippen LogP contribution in [-0.2, 0) is 4.79 Å². The Morgan fingerprint density at radius 1 is 0.848 bits per heavy atom. The maximum atomic E-state index is 13.3. The molecule has 0 aliphatic rings. The fourth-order valence-corrected chi connectivity index (χ4v) is 4.51. The number of carbonyl (C=O) groups is 2. The van der Waals surface area contributed by atoms with Crippen molar-refractivity contribution in [3.63, 3.8) is 0 Å². The Morgan fingerprint density at radius 2 is 1.64 bits per heavy atom. The van der Waals surface area contributed by atoms with Gasteiger partial charge < -0.3 is 15.1 Å². The molecule has 0 aliphatic heterocycles. The van der Waals surface area contributed by atoms with Crippen molar-refractivity contribution >= 4 is 58.2 Å². The van der Waals surface area contributed by atoms with Crippen molar-refractivity contribution in [2.24, 2.45) is 0 Å². The summed E-state index contributed by atoms with van der Waals surface area (Å²) in [6, 6.07) is 25.0. The fraction of sp³-hybridized carbons (Fsp3) is 0.0400.